The van der Waals surface area contributed by atoms with Gasteiger partial charge in [0.15, 0.2) is 0 Å². The van der Waals surface area contributed by atoms with Crippen LogP contribution in [0, 0.1) is 5.92 Å². The number of hydrogen-bond donors (Lipinski definition) is 0. The summed E-state index contributed by atoms with van der Waals surface area (Å²) >= 11 is 6.55. The predicted octanol–water partition coefficient (Wildman–Crippen LogP) is 5.37. The molecular weight excluding hydrogens is 370 g/mol. The first kappa shape index (κ1) is 18.2. The molecular formula is C24H26ClNO2. The first-order valence-corrected chi connectivity index (χ1v) is 10.8. The molecule has 1 saturated carbocycles. The molecule has 0 radical (unpaired) electrons. The molecule has 2 fully saturated rings. The third kappa shape index (κ3) is 3.25. The summed E-state index contributed by atoms with van der Waals surface area (Å²) < 4.78 is 4.94. The third-order valence-electron chi connectivity index (χ3n) is 6.74. The highest BCUT2D eigenvalue weighted by atomic mass is 35.5. The van der Waals surface area contributed by atoms with Crippen molar-refractivity contribution in [3.63, 3.8) is 0 Å². The van der Waals surface area contributed by atoms with Crippen molar-refractivity contribution in [1.82, 2.24) is 4.90 Å². The van der Waals surface area contributed by atoms with Gasteiger partial charge in [0.1, 0.15) is 0 Å². The van der Waals surface area contributed by atoms with Crippen LogP contribution in [0.3, 0.4) is 0 Å². The smallest absolute Gasteiger partial charge is 0.310 e. The predicted molar refractivity (Wildman–Crippen MR) is 112 cm³/mol. The van der Waals surface area contributed by atoms with Gasteiger partial charge in [0.05, 0.1) is 13.0 Å². The van der Waals surface area contributed by atoms with Gasteiger partial charge in [-0.15, -0.1) is 0 Å². The van der Waals surface area contributed by atoms with Crippen LogP contribution in [0.15, 0.2) is 36.4 Å². The van der Waals surface area contributed by atoms with E-state index in [1.165, 1.54) is 47.8 Å². The van der Waals surface area contributed by atoms with E-state index < -0.39 is 0 Å². The van der Waals surface area contributed by atoms with Crippen LogP contribution in [0.2, 0.25) is 5.02 Å². The van der Waals surface area contributed by atoms with Gasteiger partial charge in [-0.1, -0.05) is 41.9 Å². The molecule has 2 aromatic carbocycles. The summed E-state index contributed by atoms with van der Waals surface area (Å²) in [6, 6.07) is 13.8. The zero-order valence-electron chi connectivity index (χ0n) is 16.3. The summed E-state index contributed by atoms with van der Waals surface area (Å²) in [6.07, 6.45) is 5.68. The molecule has 2 aliphatic carbocycles. The molecule has 4 heteroatoms. The van der Waals surface area contributed by atoms with E-state index in [0.717, 1.165) is 37.4 Å². The zero-order valence-corrected chi connectivity index (χ0v) is 17.0. The van der Waals surface area contributed by atoms with Gasteiger partial charge in [-0.2, -0.15) is 0 Å². The lowest BCUT2D eigenvalue weighted by molar-refractivity contribution is -0.145. The maximum absolute atomic E-state index is 11.9. The third-order valence-corrected chi connectivity index (χ3v) is 7.06. The number of fused-ring (bicyclic) bond motifs is 1. The molecule has 2 aromatic rings. The molecule has 1 saturated heterocycles. The van der Waals surface area contributed by atoms with Gasteiger partial charge in [0, 0.05) is 17.6 Å². The molecule has 0 amide bonds. The number of benzene rings is 2. The molecule has 3 aliphatic rings. The largest absolute Gasteiger partial charge is 0.469 e. The molecule has 0 N–H and O–H groups in total. The van der Waals surface area contributed by atoms with E-state index >= 15 is 0 Å². The number of carbonyl (C=O) groups is 1. The monoisotopic (exact) mass is 395 g/mol. The number of likely N-dealkylation sites (tertiary alicyclic amines) is 1. The summed E-state index contributed by atoms with van der Waals surface area (Å²) in [7, 11) is 1.49. The fourth-order valence-electron chi connectivity index (χ4n) is 5.02. The van der Waals surface area contributed by atoms with Crippen LogP contribution in [0.1, 0.15) is 54.3 Å². The highest BCUT2D eigenvalue weighted by Crippen LogP contribution is 2.45. The lowest BCUT2D eigenvalue weighted by Crippen LogP contribution is -2.27. The Bertz CT molecular complexity index is 921. The van der Waals surface area contributed by atoms with Crippen LogP contribution in [0.5, 0.6) is 0 Å². The number of methoxy groups -OCH3 is 1. The maximum atomic E-state index is 11.9. The Morgan fingerprint density at radius 2 is 1.79 bits per heavy atom. The Morgan fingerprint density at radius 3 is 2.50 bits per heavy atom. The Balaban J connectivity index is 1.36. The van der Waals surface area contributed by atoms with Crippen molar-refractivity contribution in [2.24, 2.45) is 5.92 Å². The number of esters is 1. The molecule has 28 heavy (non-hydrogen) atoms. The van der Waals surface area contributed by atoms with Gasteiger partial charge in [0.25, 0.3) is 0 Å². The minimum atomic E-state index is -0.0670. The number of ether oxygens (including phenoxy) is 1. The van der Waals surface area contributed by atoms with E-state index in [4.69, 9.17) is 16.3 Å². The first-order chi connectivity index (χ1) is 13.6. The van der Waals surface area contributed by atoms with Crippen molar-refractivity contribution < 1.29 is 9.53 Å². The van der Waals surface area contributed by atoms with Crippen molar-refractivity contribution in [1.29, 1.82) is 0 Å². The SMILES string of the molecule is COC(=O)[C@H]1CCN(C2CCc3cc(-c4ccc(C5CC5)c(Cl)c4)ccc32)C1. The molecule has 1 heterocycles. The molecule has 3 nitrogen and oxygen atoms in total. The van der Waals surface area contributed by atoms with E-state index in [-0.39, 0.29) is 11.9 Å². The number of rotatable bonds is 4. The highest BCUT2D eigenvalue weighted by Gasteiger charge is 2.36. The Labute approximate surface area is 171 Å². The van der Waals surface area contributed by atoms with E-state index in [0.29, 0.717) is 12.0 Å². The Morgan fingerprint density at radius 1 is 1.04 bits per heavy atom. The molecule has 146 valence electrons. The van der Waals surface area contributed by atoms with Crippen LogP contribution in [-0.2, 0) is 16.0 Å². The zero-order chi connectivity index (χ0) is 19.3. The fraction of sp³-hybridized carbons (Fsp3) is 0.458. The van der Waals surface area contributed by atoms with Crippen molar-refractivity contribution in [2.75, 3.05) is 20.2 Å². The van der Waals surface area contributed by atoms with Gasteiger partial charge < -0.3 is 4.74 Å². The minimum absolute atomic E-state index is 0.0282. The number of aryl methyl sites for hydroxylation is 1. The lowest BCUT2D eigenvalue weighted by atomic mass is 9.98. The quantitative estimate of drug-likeness (QED) is 0.652. The van der Waals surface area contributed by atoms with Gasteiger partial charge in [-0.05, 0) is 78.5 Å². The Hall–Kier alpha value is -1.84. The summed E-state index contributed by atoms with van der Waals surface area (Å²) in [5.74, 6) is 0.639. The fourth-order valence-corrected chi connectivity index (χ4v) is 5.35. The van der Waals surface area contributed by atoms with Gasteiger partial charge in [-0.3, -0.25) is 9.69 Å². The Kier molecular flexibility index (Phi) is 4.68. The normalized spacial score (nSPS) is 24.4. The van der Waals surface area contributed by atoms with Crippen LogP contribution in [0.25, 0.3) is 11.1 Å². The summed E-state index contributed by atoms with van der Waals surface area (Å²) in [6.45, 7) is 1.79. The second-order valence-electron chi connectivity index (χ2n) is 8.48. The number of nitrogens with zero attached hydrogens (tertiary/aromatic N) is 1. The van der Waals surface area contributed by atoms with E-state index in [2.05, 4.69) is 41.3 Å². The summed E-state index contributed by atoms with van der Waals surface area (Å²) in [5, 5.41) is 0.907. The van der Waals surface area contributed by atoms with E-state index in [1.807, 2.05) is 0 Å². The topological polar surface area (TPSA) is 29.5 Å². The van der Waals surface area contributed by atoms with E-state index in [1.54, 1.807) is 0 Å². The van der Waals surface area contributed by atoms with Gasteiger partial charge in [-0.25, -0.2) is 0 Å². The van der Waals surface area contributed by atoms with Gasteiger partial charge >= 0.3 is 5.97 Å². The number of halogens is 1. The molecule has 5 rings (SSSR count). The first-order valence-electron chi connectivity index (χ1n) is 10.4. The summed E-state index contributed by atoms with van der Waals surface area (Å²) in [5.41, 5.74) is 6.62. The number of hydrogen-bond acceptors (Lipinski definition) is 3. The lowest BCUT2D eigenvalue weighted by Gasteiger charge is -2.24. The standard InChI is InChI=1S/C24H26ClNO2/c1-28-24(27)19-10-11-26(14-19)23-9-6-18-12-16(5-8-21(18)23)17-4-7-20(15-2-3-15)22(25)13-17/h4-5,7-8,12-13,15,19,23H,2-3,6,9-11,14H2,1H3/t19-,23?/m0/s1. The molecule has 2 atom stereocenters. The van der Waals surface area contributed by atoms with Crippen LogP contribution in [-0.4, -0.2) is 31.1 Å². The highest BCUT2D eigenvalue weighted by molar-refractivity contribution is 6.31. The molecule has 0 aromatic heterocycles. The van der Waals surface area contributed by atoms with Crippen molar-refractivity contribution in [3.05, 3.63) is 58.1 Å². The average Bonchev–Trinajstić information content (AvgIpc) is 3.28. The van der Waals surface area contributed by atoms with Crippen LogP contribution in [0.4, 0.5) is 0 Å². The van der Waals surface area contributed by atoms with Crippen molar-refractivity contribution in [3.8, 4) is 11.1 Å². The van der Waals surface area contributed by atoms with Crippen LogP contribution >= 0.6 is 11.6 Å². The molecule has 1 aliphatic heterocycles. The molecule has 1 unspecified atom stereocenters. The van der Waals surface area contributed by atoms with Crippen molar-refractivity contribution in [2.45, 2.75) is 44.1 Å². The van der Waals surface area contributed by atoms with Gasteiger partial charge in [0.2, 0.25) is 0 Å². The summed E-state index contributed by atoms with van der Waals surface area (Å²) in [4.78, 5) is 14.3. The average molecular weight is 396 g/mol. The number of carbonyl (C=O) groups excluding carboxylic acids is 1. The maximum Gasteiger partial charge on any atom is 0.310 e. The minimum Gasteiger partial charge on any atom is -0.469 e. The van der Waals surface area contributed by atoms with Crippen molar-refractivity contribution >= 4 is 17.6 Å². The molecule has 0 bridgehead atoms. The van der Waals surface area contributed by atoms with Crippen LogP contribution < -0.4 is 0 Å². The second-order valence-corrected chi connectivity index (χ2v) is 8.89. The van der Waals surface area contributed by atoms with E-state index in [9.17, 15) is 4.79 Å². The second kappa shape index (κ2) is 7.20. The molecule has 0 spiro atoms.